The van der Waals surface area contributed by atoms with Crippen LogP contribution in [0, 0.1) is 0 Å². The van der Waals surface area contributed by atoms with E-state index >= 15 is 0 Å². The third kappa shape index (κ3) is 35.8. The Hall–Kier alpha value is -1.77. The van der Waals surface area contributed by atoms with Gasteiger partial charge in [0.15, 0.2) is 6.10 Å². The van der Waals surface area contributed by atoms with Crippen LogP contribution < -0.4 is 5.73 Å². The van der Waals surface area contributed by atoms with E-state index in [1.807, 2.05) is 0 Å². The average molecular weight is 714 g/mol. The van der Waals surface area contributed by atoms with Gasteiger partial charge in [-0.25, -0.2) is 4.57 Å². The molecule has 0 heterocycles. The number of unbranched alkanes of at least 4 members (excludes halogenated alkanes) is 17. The summed E-state index contributed by atoms with van der Waals surface area (Å²) in [6.45, 7) is 3.63. The first-order valence-corrected chi connectivity index (χ1v) is 21.0. The minimum absolute atomic E-state index is 0.0503. The normalized spacial score (nSPS) is 13.8. The van der Waals surface area contributed by atoms with Crippen molar-refractivity contribution in [2.45, 2.75) is 174 Å². The third-order valence-corrected chi connectivity index (χ3v) is 8.98. The SMILES string of the molecule is CCCCC=CCCCCCCCC(=O)OC[C@H](COP(=O)(O)OCCN)OC(=O)CCCCCCCCCC=CCC=CCCCCC. The lowest BCUT2D eigenvalue weighted by molar-refractivity contribution is -0.161. The summed E-state index contributed by atoms with van der Waals surface area (Å²) >= 11 is 0. The lowest BCUT2D eigenvalue weighted by Crippen LogP contribution is -2.29. The Morgan fingerprint density at radius 3 is 1.63 bits per heavy atom. The van der Waals surface area contributed by atoms with Gasteiger partial charge in [-0.3, -0.25) is 18.6 Å². The fourth-order valence-corrected chi connectivity index (χ4v) is 5.82. The predicted molar refractivity (Wildman–Crippen MR) is 201 cm³/mol. The van der Waals surface area contributed by atoms with Gasteiger partial charge in [0.05, 0.1) is 13.2 Å². The first-order chi connectivity index (χ1) is 23.8. The molecule has 0 bridgehead atoms. The maximum Gasteiger partial charge on any atom is 0.472 e. The van der Waals surface area contributed by atoms with Gasteiger partial charge in [0.2, 0.25) is 0 Å². The number of ether oxygens (including phenoxy) is 2. The monoisotopic (exact) mass is 713 g/mol. The van der Waals surface area contributed by atoms with E-state index in [1.165, 1.54) is 57.8 Å². The number of nitrogens with two attached hydrogens (primary N) is 1. The van der Waals surface area contributed by atoms with Crippen LogP contribution in [0.3, 0.4) is 0 Å². The van der Waals surface area contributed by atoms with Gasteiger partial charge in [0.25, 0.3) is 0 Å². The largest absolute Gasteiger partial charge is 0.472 e. The Bertz CT molecular complexity index is 907. The smallest absolute Gasteiger partial charge is 0.462 e. The van der Waals surface area contributed by atoms with Gasteiger partial charge in [0.1, 0.15) is 6.61 Å². The highest BCUT2D eigenvalue weighted by Crippen LogP contribution is 2.43. The molecular formula is C39H72NO8P. The van der Waals surface area contributed by atoms with Gasteiger partial charge in [-0.1, -0.05) is 127 Å². The van der Waals surface area contributed by atoms with Crippen molar-refractivity contribution in [3.05, 3.63) is 36.5 Å². The summed E-state index contributed by atoms with van der Waals surface area (Å²) in [6, 6.07) is 0. The summed E-state index contributed by atoms with van der Waals surface area (Å²) in [5.41, 5.74) is 5.33. The van der Waals surface area contributed by atoms with Crippen molar-refractivity contribution >= 4 is 19.8 Å². The molecule has 0 aromatic carbocycles. The summed E-state index contributed by atoms with van der Waals surface area (Å²) in [7, 11) is -4.37. The van der Waals surface area contributed by atoms with E-state index in [1.54, 1.807) is 0 Å². The van der Waals surface area contributed by atoms with Crippen LogP contribution in [0.25, 0.3) is 0 Å². The number of allylic oxidation sites excluding steroid dienone is 6. The minimum atomic E-state index is -4.37. The Balaban J connectivity index is 4.22. The van der Waals surface area contributed by atoms with Crippen LogP contribution in [-0.2, 0) is 32.7 Å². The van der Waals surface area contributed by atoms with E-state index in [0.29, 0.717) is 6.42 Å². The van der Waals surface area contributed by atoms with E-state index in [2.05, 4.69) is 50.3 Å². The van der Waals surface area contributed by atoms with Crippen LogP contribution in [0.2, 0.25) is 0 Å². The van der Waals surface area contributed by atoms with E-state index in [-0.39, 0.29) is 32.6 Å². The van der Waals surface area contributed by atoms with E-state index in [9.17, 15) is 19.0 Å². The molecule has 49 heavy (non-hydrogen) atoms. The van der Waals surface area contributed by atoms with Crippen LogP contribution in [0.1, 0.15) is 168 Å². The maximum atomic E-state index is 12.5. The Labute approximate surface area is 299 Å². The van der Waals surface area contributed by atoms with Gasteiger partial charge >= 0.3 is 19.8 Å². The molecule has 10 heteroatoms. The van der Waals surface area contributed by atoms with Gasteiger partial charge in [-0.2, -0.15) is 0 Å². The Morgan fingerprint density at radius 1 is 0.612 bits per heavy atom. The fourth-order valence-electron chi connectivity index (χ4n) is 5.06. The predicted octanol–water partition coefficient (Wildman–Crippen LogP) is 10.6. The molecule has 2 atom stereocenters. The number of carbonyl (C=O) groups is 2. The number of hydrogen-bond acceptors (Lipinski definition) is 8. The molecule has 0 aliphatic heterocycles. The van der Waals surface area contributed by atoms with Crippen molar-refractivity contribution in [3.8, 4) is 0 Å². The number of rotatable bonds is 36. The molecule has 1 unspecified atom stereocenters. The molecule has 0 rings (SSSR count). The molecule has 0 aromatic rings. The first kappa shape index (κ1) is 47.2. The van der Waals surface area contributed by atoms with Crippen LogP contribution >= 0.6 is 7.82 Å². The lowest BCUT2D eigenvalue weighted by Gasteiger charge is -2.19. The standard InChI is InChI=1S/C39H72NO8P/c1-3-5-7-9-11-13-15-16-17-18-19-20-22-24-26-28-30-32-39(42)48-37(36-47-49(43,44)46-34-33-40)35-45-38(41)31-29-27-25-23-21-14-12-10-8-6-4-2/h10-13,16-17,37H,3-9,14-15,18-36,40H2,1-2H3,(H,43,44)/t37-/m1/s1. The van der Waals surface area contributed by atoms with E-state index in [0.717, 1.165) is 77.0 Å². The highest BCUT2D eigenvalue weighted by atomic mass is 31.2. The van der Waals surface area contributed by atoms with Gasteiger partial charge in [-0.15, -0.1) is 0 Å². The van der Waals surface area contributed by atoms with E-state index < -0.39 is 32.5 Å². The van der Waals surface area contributed by atoms with Crippen molar-refractivity contribution in [2.24, 2.45) is 5.73 Å². The zero-order valence-electron chi connectivity index (χ0n) is 31.2. The van der Waals surface area contributed by atoms with Crippen molar-refractivity contribution in [1.29, 1.82) is 0 Å². The second-order valence-corrected chi connectivity index (χ2v) is 14.2. The minimum Gasteiger partial charge on any atom is -0.462 e. The Kier molecular flexibility index (Phi) is 34.7. The molecule has 0 spiro atoms. The molecule has 286 valence electrons. The highest BCUT2D eigenvalue weighted by molar-refractivity contribution is 7.47. The number of hydrogen-bond donors (Lipinski definition) is 2. The van der Waals surface area contributed by atoms with Crippen molar-refractivity contribution < 1.29 is 37.6 Å². The summed E-state index contributed by atoms with van der Waals surface area (Å²) < 4.78 is 32.6. The van der Waals surface area contributed by atoms with Crippen molar-refractivity contribution in [2.75, 3.05) is 26.4 Å². The first-order valence-electron chi connectivity index (χ1n) is 19.5. The summed E-state index contributed by atoms with van der Waals surface area (Å²) in [4.78, 5) is 34.7. The molecule has 0 fully saturated rings. The summed E-state index contributed by atoms with van der Waals surface area (Å²) in [6.07, 6.45) is 37.4. The van der Waals surface area contributed by atoms with Crippen LogP contribution in [0.5, 0.6) is 0 Å². The number of phosphoric acid groups is 1. The molecule has 9 nitrogen and oxygen atoms in total. The molecule has 0 aliphatic rings. The quantitative estimate of drug-likeness (QED) is 0.0281. The van der Waals surface area contributed by atoms with Crippen molar-refractivity contribution in [3.63, 3.8) is 0 Å². The lowest BCUT2D eigenvalue weighted by atomic mass is 10.1. The van der Waals surface area contributed by atoms with Crippen molar-refractivity contribution in [1.82, 2.24) is 0 Å². The zero-order valence-corrected chi connectivity index (χ0v) is 32.1. The molecule has 0 radical (unpaired) electrons. The average Bonchev–Trinajstić information content (AvgIpc) is 3.08. The Morgan fingerprint density at radius 2 is 1.08 bits per heavy atom. The third-order valence-electron chi connectivity index (χ3n) is 8.00. The summed E-state index contributed by atoms with van der Waals surface area (Å²) in [5.74, 6) is -0.851. The molecule has 0 aliphatic carbocycles. The number of esters is 2. The second kappa shape index (κ2) is 36.0. The summed E-state index contributed by atoms with van der Waals surface area (Å²) in [5, 5.41) is 0. The fraction of sp³-hybridized carbons (Fsp3) is 0.795. The highest BCUT2D eigenvalue weighted by Gasteiger charge is 2.25. The molecule has 0 aromatic heterocycles. The second-order valence-electron chi connectivity index (χ2n) is 12.8. The molecule has 3 N–H and O–H groups in total. The van der Waals surface area contributed by atoms with Gasteiger partial charge < -0.3 is 20.1 Å². The van der Waals surface area contributed by atoms with Gasteiger partial charge in [-0.05, 0) is 64.2 Å². The molecule has 0 saturated carbocycles. The topological polar surface area (TPSA) is 134 Å². The molecular weight excluding hydrogens is 641 g/mol. The van der Waals surface area contributed by atoms with E-state index in [4.69, 9.17) is 24.3 Å². The van der Waals surface area contributed by atoms with Crippen LogP contribution in [-0.4, -0.2) is 49.3 Å². The maximum absolute atomic E-state index is 12.5. The van der Waals surface area contributed by atoms with Gasteiger partial charge in [0, 0.05) is 19.4 Å². The van der Waals surface area contributed by atoms with Crippen LogP contribution in [0.4, 0.5) is 0 Å². The number of carbonyl (C=O) groups excluding carboxylic acids is 2. The number of phosphoric ester groups is 1. The molecule has 0 saturated heterocycles. The molecule has 0 amide bonds. The zero-order chi connectivity index (χ0) is 36.1. The van der Waals surface area contributed by atoms with Crippen LogP contribution in [0.15, 0.2) is 36.5 Å².